The van der Waals surface area contributed by atoms with E-state index in [1.807, 2.05) is 62.4 Å². The number of sulfonamides is 1. The number of carbonyl (C=O) groups excluding carboxylic acids is 1. The molecule has 1 N–H and O–H groups in total. The highest BCUT2D eigenvalue weighted by molar-refractivity contribution is 7.88. The summed E-state index contributed by atoms with van der Waals surface area (Å²) in [6.07, 6.45) is 1.07. The van der Waals surface area contributed by atoms with Crippen molar-refractivity contribution in [2.45, 2.75) is 38.5 Å². The first-order valence-corrected chi connectivity index (χ1v) is 11.9. The van der Waals surface area contributed by atoms with Crippen LogP contribution in [0.2, 0.25) is 0 Å². The molecule has 1 unspecified atom stereocenters. The molecule has 0 spiro atoms. The fourth-order valence-corrected chi connectivity index (χ4v) is 5.36. The fraction of sp³-hybridized carbons (Fsp3) is 0.435. The Labute approximate surface area is 179 Å². The molecule has 0 saturated carbocycles. The molecule has 1 fully saturated rings. The van der Waals surface area contributed by atoms with Gasteiger partial charge in [-0.15, -0.1) is 0 Å². The SMILES string of the molecule is COc1ccc(C(C)NC(=O)C2CCN(S(=O)(=O)Cc3cccc(C)c3)CC2)cc1. The number of nitrogens with one attached hydrogen (secondary N) is 1. The fourth-order valence-electron chi connectivity index (χ4n) is 3.81. The Balaban J connectivity index is 1.53. The molecule has 1 aliphatic rings. The molecule has 1 aliphatic heterocycles. The molecule has 2 aromatic carbocycles. The van der Waals surface area contributed by atoms with Gasteiger partial charge in [0.2, 0.25) is 15.9 Å². The maximum absolute atomic E-state index is 12.8. The van der Waals surface area contributed by atoms with E-state index in [1.165, 1.54) is 4.31 Å². The summed E-state index contributed by atoms with van der Waals surface area (Å²) in [6, 6.07) is 15.1. The van der Waals surface area contributed by atoms with Crippen LogP contribution in [0.4, 0.5) is 0 Å². The zero-order valence-electron chi connectivity index (χ0n) is 17.8. The van der Waals surface area contributed by atoms with Gasteiger partial charge in [0.25, 0.3) is 0 Å². The van der Waals surface area contributed by atoms with Gasteiger partial charge in [-0.05, 0) is 49.9 Å². The number of benzene rings is 2. The molecule has 7 heteroatoms. The van der Waals surface area contributed by atoms with Crippen molar-refractivity contribution in [3.8, 4) is 5.75 Å². The van der Waals surface area contributed by atoms with Gasteiger partial charge >= 0.3 is 0 Å². The van der Waals surface area contributed by atoms with Crippen LogP contribution in [0.3, 0.4) is 0 Å². The van der Waals surface area contributed by atoms with Crippen molar-refractivity contribution in [2.24, 2.45) is 5.92 Å². The van der Waals surface area contributed by atoms with Crippen LogP contribution in [0.25, 0.3) is 0 Å². The van der Waals surface area contributed by atoms with E-state index in [2.05, 4.69) is 5.32 Å². The first-order valence-electron chi connectivity index (χ1n) is 10.3. The summed E-state index contributed by atoms with van der Waals surface area (Å²) in [4.78, 5) is 12.7. The van der Waals surface area contributed by atoms with Gasteiger partial charge in [0, 0.05) is 19.0 Å². The van der Waals surface area contributed by atoms with Crippen LogP contribution < -0.4 is 10.1 Å². The molecule has 3 rings (SSSR count). The third-order valence-corrected chi connectivity index (χ3v) is 7.47. The summed E-state index contributed by atoms with van der Waals surface area (Å²) in [5.74, 6) is 0.585. The first-order chi connectivity index (χ1) is 14.3. The number of nitrogens with zero attached hydrogens (tertiary/aromatic N) is 1. The largest absolute Gasteiger partial charge is 0.497 e. The number of aryl methyl sites for hydroxylation is 1. The van der Waals surface area contributed by atoms with Gasteiger partial charge in [-0.1, -0.05) is 42.0 Å². The summed E-state index contributed by atoms with van der Waals surface area (Å²) in [5, 5.41) is 3.06. The van der Waals surface area contributed by atoms with Crippen molar-refractivity contribution >= 4 is 15.9 Å². The van der Waals surface area contributed by atoms with Crippen LogP contribution in [0, 0.1) is 12.8 Å². The molecule has 162 valence electrons. The molecule has 0 aromatic heterocycles. The van der Waals surface area contributed by atoms with E-state index in [1.54, 1.807) is 7.11 Å². The molecular weight excluding hydrogens is 400 g/mol. The van der Waals surface area contributed by atoms with Crippen LogP contribution in [0.1, 0.15) is 42.5 Å². The highest BCUT2D eigenvalue weighted by Crippen LogP contribution is 2.24. The minimum absolute atomic E-state index is 0.0000464. The van der Waals surface area contributed by atoms with E-state index >= 15 is 0 Å². The second kappa shape index (κ2) is 9.62. The Kier molecular flexibility index (Phi) is 7.15. The van der Waals surface area contributed by atoms with Crippen LogP contribution in [-0.4, -0.2) is 38.8 Å². The van der Waals surface area contributed by atoms with E-state index in [0.717, 1.165) is 22.4 Å². The Morgan fingerprint density at radius 1 is 1.17 bits per heavy atom. The van der Waals surface area contributed by atoms with Gasteiger partial charge < -0.3 is 10.1 Å². The van der Waals surface area contributed by atoms with Gasteiger partial charge in [-0.2, -0.15) is 0 Å². The molecule has 6 nitrogen and oxygen atoms in total. The molecule has 1 heterocycles. The smallest absolute Gasteiger partial charge is 0.223 e. The zero-order chi connectivity index (χ0) is 21.7. The van der Waals surface area contributed by atoms with Gasteiger partial charge in [-0.3, -0.25) is 4.79 Å². The molecular formula is C23H30N2O4S. The number of methoxy groups -OCH3 is 1. The highest BCUT2D eigenvalue weighted by atomic mass is 32.2. The highest BCUT2D eigenvalue weighted by Gasteiger charge is 2.31. The van der Waals surface area contributed by atoms with E-state index in [9.17, 15) is 13.2 Å². The second-order valence-corrected chi connectivity index (χ2v) is 9.89. The lowest BCUT2D eigenvalue weighted by Gasteiger charge is -2.31. The molecule has 1 atom stereocenters. The van der Waals surface area contributed by atoms with Crippen LogP contribution in [-0.2, 0) is 20.6 Å². The minimum Gasteiger partial charge on any atom is -0.497 e. The van der Waals surface area contributed by atoms with Crippen molar-refractivity contribution in [3.63, 3.8) is 0 Å². The van der Waals surface area contributed by atoms with Crippen molar-refractivity contribution < 1.29 is 17.9 Å². The molecule has 1 amide bonds. The number of carbonyl (C=O) groups is 1. The number of piperidine rings is 1. The summed E-state index contributed by atoms with van der Waals surface area (Å²) < 4.78 is 32.2. The quantitative estimate of drug-likeness (QED) is 0.730. The molecule has 0 bridgehead atoms. The number of hydrogen-bond acceptors (Lipinski definition) is 4. The minimum atomic E-state index is -3.39. The monoisotopic (exact) mass is 430 g/mol. The second-order valence-electron chi connectivity index (χ2n) is 7.92. The lowest BCUT2D eigenvalue weighted by molar-refractivity contribution is -0.126. The zero-order valence-corrected chi connectivity index (χ0v) is 18.6. The summed E-state index contributed by atoms with van der Waals surface area (Å²) in [6.45, 7) is 4.65. The summed E-state index contributed by atoms with van der Waals surface area (Å²) in [5.41, 5.74) is 2.84. The Hall–Kier alpha value is -2.38. The predicted octanol–water partition coefficient (Wildman–Crippen LogP) is 3.42. The number of hydrogen-bond donors (Lipinski definition) is 1. The Morgan fingerprint density at radius 2 is 1.83 bits per heavy atom. The number of rotatable bonds is 7. The Bertz CT molecular complexity index is 965. The van der Waals surface area contributed by atoms with E-state index in [4.69, 9.17) is 4.74 Å². The predicted molar refractivity (Wildman–Crippen MR) is 118 cm³/mol. The van der Waals surface area contributed by atoms with Crippen LogP contribution in [0.5, 0.6) is 5.75 Å². The molecule has 30 heavy (non-hydrogen) atoms. The summed E-state index contributed by atoms with van der Waals surface area (Å²) in [7, 11) is -1.77. The normalized spacial score (nSPS) is 16.8. The summed E-state index contributed by atoms with van der Waals surface area (Å²) >= 11 is 0. The standard InChI is InChI=1S/C23H30N2O4S/c1-17-5-4-6-19(15-17)16-30(27,28)25-13-11-21(12-14-25)23(26)24-18(2)20-7-9-22(29-3)10-8-20/h4-10,15,18,21H,11-14,16H2,1-3H3,(H,24,26). The first kappa shape index (κ1) is 22.3. The van der Waals surface area contributed by atoms with Crippen LogP contribution in [0.15, 0.2) is 48.5 Å². The van der Waals surface area contributed by atoms with Crippen molar-refractivity contribution in [1.82, 2.24) is 9.62 Å². The van der Waals surface area contributed by atoms with E-state index in [-0.39, 0.29) is 23.6 Å². The molecule has 1 saturated heterocycles. The van der Waals surface area contributed by atoms with Gasteiger partial charge in [0.1, 0.15) is 5.75 Å². The lowest BCUT2D eigenvalue weighted by Crippen LogP contribution is -2.43. The average molecular weight is 431 g/mol. The van der Waals surface area contributed by atoms with Gasteiger partial charge in [-0.25, -0.2) is 12.7 Å². The molecule has 0 aliphatic carbocycles. The van der Waals surface area contributed by atoms with Crippen molar-refractivity contribution in [3.05, 3.63) is 65.2 Å². The number of ether oxygens (including phenoxy) is 1. The maximum atomic E-state index is 12.8. The average Bonchev–Trinajstić information content (AvgIpc) is 2.73. The van der Waals surface area contributed by atoms with Gasteiger partial charge in [0.15, 0.2) is 0 Å². The van der Waals surface area contributed by atoms with Crippen molar-refractivity contribution in [2.75, 3.05) is 20.2 Å². The Morgan fingerprint density at radius 3 is 2.43 bits per heavy atom. The third-order valence-electron chi connectivity index (χ3n) is 5.62. The van der Waals surface area contributed by atoms with Gasteiger partial charge in [0.05, 0.1) is 18.9 Å². The van der Waals surface area contributed by atoms with E-state index < -0.39 is 10.0 Å². The number of amides is 1. The molecule has 2 aromatic rings. The topological polar surface area (TPSA) is 75.7 Å². The third kappa shape index (κ3) is 5.61. The molecule has 0 radical (unpaired) electrons. The maximum Gasteiger partial charge on any atom is 0.223 e. The van der Waals surface area contributed by atoms with Crippen molar-refractivity contribution in [1.29, 1.82) is 0 Å². The lowest BCUT2D eigenvalue weighted by atomic mass is 9.96. The van der Waals surface area contributed by atoms with Crippen LogP contribution >= 0.6 is 0 Å². The van der Waals surface area contributed by atoms with E-state index in [0.29, 0.717) is 25.9 Å².